The summed E-state index contributed by atoms with van der Waals surface area (Å²) in [6.45, 7) is 0. The molecule has 0 aliphatic rings. The minimum Gasteiger partial charge on any atom is -0.306 e. The smallest absolute Gasteiger partial charge is 0.306 e. The van der Waals surface area contributed by atoms with Gasteiger partial charge in [-0.25, -0.2) is 9.18 Å². The Hall–Kier alpha value is -0.920. The molecule has 0 aliphatic carbocycles. The molecule has 3 aromatic rings. The quantitative estimate of drug-likeness (QED) is 0.500. The van der Waals surface area contributed by atoms with Crippen LogP contribution in [0.1, 0.15) is 16.0 Å². The third-order valence-electron chi connectivity index (χ3n) is 3.16. The lowest BCUT2D eigenvalue weighted by Gasteiger charge is -2.15. The summed E-state index contributed by atoms with van der Waals surface area (Å²) in [6.07, 6.45) is 0. The topological polar surface area (TPSA) is 48.6 Å². The normalized spacial score (nSPS) is 12.8. The molecule has 2 aromatic carbocycles. The molecule has 1 heterocycles. The molecule has 3 rings (SSSR count). The lowest BCUT2D eigenvalue weighted by Crippen LogP contribution is -1.99. The monoisotopic (exact) mass is 476 g/mol. The Morgan fingerprint density at radius 3 is 2.43 bits per heavy atom. The summed E-state index contributed by atoms with van der Waals surface area (Å²) in [5.74, 6) is -0.316. The number of imidazole rings is 1. The van der Waals surface area contributed by atoms with Crippen molar-refractivity contribution in [1.82, 2.24) is 9.97 Å². The van der Waals surface area contributed by atoms with Gasteiger partial charge >= 0.3 is 5.69 Å². The zero-order chi connectivity index (χ0) is 15.1. The first-order chi connectivity index (χ1) is 9.97. The second-order valence-electron chi connectivity index (χ2n) is 4.50. The minimum atomic E-state index is -0.316. The van der Waals surface area contributed by atoms with Crippen LogP contribution in [-0.2, 0) is 0 Å². The number of fused-ring (bicyclic) bond motifs is 1. The van der Waals surface area contributed by atoms with Gasteiger partial charge in [0.1, 0.15) is 5.82 Å². The van der Waals surface area contributed by atoms with Crippen LogP contribution in [0.25, 0.3) is 11.0 Å². The highest BCUT2D eigenvalue weighted by atomic mass is 79.9. The molecule has 0 radical (unpaired) electrons. The Labute approximate surface area is 144 Å². The Morgan fingerprint density at radius 1 is 1.05 bits per heavy atom. The SMILES string of the molecule is O=c1[nH]c2cc(Br)c(C(Br)c3cccc(F)c3Br)cc2[nH]1. The first kappa shape index (κ1) is 15.0. The van der Waals surface area contributed by atoms with E-state index in [-0.39, 0.29) is 16.3 Å². The van der Waals surface area contributed by atoms with Gasteiger partial charge in [0.15, 0.2) is 0 Å². The van der Waals surface area contributed by atoms with Crippen LogP contribution in [0.15, 0.2) is 44.1 Å². The summed E-state index contributed by atoms with van der Waals surface area (Å²) in [5.41, 5.74) is 2.83. The number of halogens is 4. The van der Waals surface area contributed by atoms with Crippen LogP contribution in [0, 0.1) is 5.82 Å². The molecular weight excluding hydrogens is 471 g/mol. The molecule has 3 nitrogen and oxygen atoms in total. The van der Waals surface area contributed by atoms with Crippen molar-refractivity contribution >= 4 is 58.8 Å². The molecule has 7 heteroatoms. The standard InChI is InChI=1S/C14H8Br3FN2O/c15-8-5-11-10(19-14(21)20-11)4-7(8)12(16)6-2-1-3-9(18)13(6)17/h1-5,12H,(H2,19,20,21). The summed E-state index contributed by atoms with van der Waals surface area (Å²) in [7, 11) is 0. The van der Waals surface area contributed by atoms with Gasteiger partial charge in [-0.2, -0.15) is 0 Å². The number of aromatic amines is 2. The zero-order valence-electron chi connectivity index (χ0n) is 10.4. The molecule has 0 fully saturated rings. The highest BCUT2D eigenvalue weighted by molar-refractivity contribution is 9.11. The molecule has 0 saturated heterocycles. The fourth-order valence-corrected chi connectivity index (χ4v) is 4.59. The number of alkyl halides is 1. The van der Waals surface area contributed by atoms with Gasteiger partial charge in [-0.05, 0) is 45.3 Å². The lowest BCUT2D eigenvalue weighted by molar-refractivity contribution is 0.619. The van der Waals surface area contributed by atoms with Gasteiger partial charge in [0.2, 0.25) is 0 Å². The van der Waals surface area contributed by atoms with E-state index >= 15 is 0 Å². The molecule has 2 N–H and O–H groups in total. The van der Waals surface area contributed by atoms with E-state index in [0.29, 0.717) is 15.5 Å². The number of H-pyrrole nitrogens is 2. The van der Waals surface area contributed by atoms with Crippen molar-refractivity contribution < 1.29 is 4.39 Å². The molecule has 1 unspecified atom stereocenters. The van der Waals surface area contributed by atoms with Gasteiger partial charge in [-0.3, -0.25) is 0 Å². The van der Waals surface area contributed by atoms with Crippen LogP contribution in [-0.4, -0.2) is 9.97 Å². The van der Waals surface area contributed by atoms with Crippen LogP contribution >= 0.6 is 47.8 Å². The molecule has 1 atom stereocenters. The maximum Gasteiger partial charge on any atom is 0.323 e. The minimum absolute atomic E-state index is 0.222. The summed E-state index contributed by atoms with van der Waals surface area (Å²) in [6, 6.07) is 8.57. The number of hydrogen-bond donors (Lipinski definition) is 2. The Bertz CT molecular complexity index is 888. The van der Waals surface area contributed by atoms with E-state index < -0.39 is 0 Å². The van der Waals surface area contributed by atoms with Gasteiger partial charge in [0.05, 0.1) is 20.3 Å². The first-order valence-corrected chi connectivity index (χ1v) is 8.47. The van der Waals surface area contributed by atoms with E-state index in [1.807, 2.05) is 18.2 Å². The zero-order valence-corrected chi connectivity index (χ0v) is 15.1. The largest absolute Gasteiger partial charge is 0.323 e. The molecular formula is C14H8Br3FN2O. The van der Waals surface area contributed by atoms with Gasteiger partial charge in [0.25, 0.3) is 0 Å². The molecule has 108 valence electrons. The Morgan fingerprint density at radius 2 is 1.71 bits per heavy atom. The molecule has 0 spiro atoms. The second-order valence-corrected chi connectivity index (χ2v) is 7.07. The van der Waals surface area contributed by atoms with Gasteiger partial charge in [-0.1, -0.05) is 44.0 Å². The number of rotatable bonds is 2. The predicted octanol–water partition coefficient (Wildman–Crippen LogP) is 5.00. The fourth-order valence-electron chi connectivity index (χ4n) is 2.15. The number of benzene rings is 2. The van der Waals surface area contributed by atoms with E-state index in [1.54, 1.807) is 6.07 Å². The predicted molar refractivity (Wildman–Crippen MR) is 91.5 cm³/mol. The summed E-state index contributed by atoms with van der Waals surface area (Å²) in [5, 5.41) is 0. The summed E-state index contributed by atoms with van der Waals surface area (Å²) < 4.78 is 14.9. The fraction of sp³-hybridized carbons (Fsp3) is 0.0714. The second kappa shape index (κ2) is 5.70. The lowest BCUT2D eigenvalue weighted by atomic mass is 10.0. The highest BCUT2D eigenvalue weighted by Gasteiger charge is 2.19. The Balaban J connectivity index is 2.16. The summed E-state index contributed by atoms with van der Waals surface area (Å²) in [4.78, 5) is 16.6. The van der Waals surface area contributed by atoms with Crippen LogP contribution < -0.4 is 5.69 Å². The highest BCUT2D eigenvalue weighted by Crippen LogP contribution is 2.40. The molecule has 1 aromatic heterocycles. The van der Waals surface area contributed by atoms with E-state index in [2.05, 4.69) is 57.8 Å². The van der Waals surface area contributed by atoms with E-state index in [1.165, 1.54) is 6.07 Å². The van der Waals surface area contributed by atoms with Crippen molar-refractivity contribution in [2.45, 2.75) is 4.83 Å². The maximum absolute atomic E-state index is 13.7. The number of hydrogen-bond acceptors (Lipinski definition) is 1. The molecule has 0 bridgehead atoms. The average Bonchev–Trinajstić information content (AvgIpc) is 2.79. The Kier molecular flexibility index (Phi) is 4.07. The van der Waals surface area contributed by atoms with Crippen molar-refractivity contribution in [3.8, 4) is 0 Å². The molecule has 0 aliphatic heterocycles. The van der Waals surface area contributed by atoms with Crippen molar-refractivity contribution in [2.75, 3.05) is 0 Å². The number of nitrogens with one attached hydrogen (secondary N) is 2. The van der Waals surface area contributed by atoms with Gasteiger partial charge in [0, 0.05) is 4.47 Å². The van der Waals surface area contributed by atoms with Crippen molar-refractivity contribution in [2.24, 2.45) is 0 Å². The van der Waals surface area contributed by atoms with Crippen LogP contribution in [0.5, 0.6) is 0 Å². The molecule has 0 saturated carbocycles. The van der Waals surface area contributed by atoms with Crippen LogP contribution in [0.2, 0.25) is 0 Å². The van der Waals surface area contributed by atoms with Crippen molar-refractivity contribution in [1.29, 1.82) is 0 Å². The van der Waals surface area contributed by atoms with Crippen LogP contribution in [0.4, 0.5) is 4.39 Å². The molecule has 21 heavy (non-hydrogen) atoms. The van der Waals surface area contributed by atoms with Crippen LogP contribution in [0.3, 0.4) is 0 Å². The maximum atomic E-state index is 13.7. The van der Waals surface area contributed by atoms with Crippen molar-refractivity contribution in [3.05, 3.63) is 66.7 Å². The third-order valence-corrected chi connectivity index (χ3v) is 5.67. The molecule has 0 amide bonds. The third kappa shape index (κ3) is 2.74. The van der Waals surface area contributed by atoms with E-state index in [4.69, 9.17) is 0 Å². The number of aromatic nitrogens is 2. The summed E-state index contributed by atoms with van der Waals surface area (Å²) >= 11 is 10.4. The first-order valence-electron chi connectivity index (χ1n) is 5.97. The van der Waals surface area contributed by atoms with Crippen molar-refractivity contribution in [3.63, 3.8) is 0 Å². The van der Waals surface area contributed by atoms with Gasteiger partial charge < -0.3 is 9.97 Å². The van der Waals surface area contributed by atoms with E-state index in [9.17, 15) is 9.18 Å². The van der Waals surface area contributed by atoms with Gasteiger partial charge in [-0.15, -0.1) is 0 Å². The average molecular weight is 479 g/mol. The van der Waals surface area contributed by atoms with E-state index in [0.717, 1.165) is 15.6 Å².